The van der Waals surface area contributed by atoms with E-state index < -0.39 is 0 Å². The van der Waals surface area contributed by atoms with Crippen molar-refractivity contribution in [3.05, 3.63) is 176 Å². The van der Waals surface area contributed by atoms with E-state index in [9.17, 15) is 0 Å². The molecule has 6 heteroatoms. The molecule has 0 bridgehead atoms. The predicted octanol–water partition coefficient (Wildman–Crippen LogP) is 13.2. The van der Waals surface area contributed by atoms with Crippen molar-refractivity contribution in [2.24, 2.45) is 0 Å². The van der Waals surface area contributed by atoms with Gasteiger partial charge in [0, 0.05) is 32.2 Å². The molecule has 0 saturated carbocycles. The molecular formula is C50H29N5S. The third kappa shape index (κ3) is 4.93. The van der Waals surface area contributed by atoms with Crippen LogP contribution in [0.15, 0.2) is 176 Å². The summed E-state index contributed by atoms with van der Waals surface area (Å²) < 4.78 is 4.79. The first kappa shape index (κ1) is 31.1. The molecule has 0 radical (unpaired) electrons. The molecule has 12 aromatic rings. The summed E-state index contributed by atoms with van der Waals surface area (Å²) in [6.45, 7) is 0. The van der Waals surface area contributed by atoms with E-state index in [4.69, 9.17) is 19.9 Å². The van der Waals surface area contributed by atoms with Gasteiger partial charge in [0.15, 0.2) is 23.1 Å². The smallest absolute Gasteiger partial charge is 0.164 e. The van der Waals surface area contributed by atoms with Gasteiger partial charge in [0.2, 0.25) is 0 Å². The molecule has 0 N–H and O–H groups in total. The van der Waals surface area contributed by atoms with Crippen molar-refractivity contribution in [1.82, 2.24) is 24.3 Å². The molecule has 56 heavy (non-hydrogen) atoms. The van der Waals surface area contributed by atoms with Gasteiger partial charge in [-0.2, -0.15) is 0 Å². The van der Waals surface area contributed by atoms with Gasteiger partial charge in [-0.3, -0.25) is 4.40 Å². The van der Waals surface area contributed by atoms with Crippen LogP contribution in [0.1, 0.15) is 0 Å². The van der Waals surface area contributed by atoms with Crippen LogP contribution in [0.2, 0.25) is 0 Å². The third-order valence-corrected chi connectivity index (χ3v) is 12.2. The quantitative estimate of drug-likeness (QED) is 0.181. The van der Waals surface area contributed by atoms with Gasteiger partial charge in [0.05, 0.1) is 21.4 Å². The number of aromatic nitrogens is 5. The Hall–Kier alpha value is -7.28. The molecule has 8 aromatic carbocycles. The molecule has 0 unspecified atom stereocenters. The molecule has 0 saturated heterocycles. The molecule has 0 aliphatic carbocycles. The minimum atomic E-state index is 0.627. The van der Waals surface area contributed by atoms with Crippen molar-refractivity contribution in [3.8, 4) is 45.4 Å². The minimum absolute atomic E-state index is 0.627. The highest BCUT2D eigenvalue weighted by Crippen LogP contribution is 2.41. The SMILES string of the molecule is c1ccc2cc(-c3nc(-c4ccc(-c5cc6c7ccccc7sc6c6nc7cc8ccccc8cc7n56)cc4)nc(-c4ccc5ccccc5c4)n3)ccc2c1. The molecule has 4 aromatic heterocycles. The molecule has 4 heterocycles. The lowest BCUT2D eigenvalue weighted by molar-refractivity contribution is 1.07. The topological polar surface area (TPSA) is 56.0 Å². The van der Waals surface area contributed by atoms with Gasteiger partial charge in [0.1, 0.15) is 0 Å². The van der Waals surface area contributed by atoms with Crippen LogP contribution in [-0.4, -0.2) is 24.3 Å². The second-order valence-electron chi connectivity index (χ2n) is 14.3. The monoisotopic (exact) mass is 731 g/mol. The summed E-state index contributed by atoms with van der Waals surface area (Å²) in [5, 5.41) is 9.49. The lowest BCUT2D eigenvalue weighted by Gasteiger charge is -2.11. The first-order valence-electron chi connectivity index (χ1n) is 18.7. The van der Waals surface area contributed by atoms with E-state index in [1.54, 1.807) is 0 Å². The van der Waals surface area contributed by atoms with E-state index in [1.807, 2.05) is 11.3 Å². The molecular weight excluding hydrogens is 703 g/mol. The zero-order valence-electron chi connectivity index (χ0n) is 29.9. The van der Waals surface area contributed by atoms with E-state index in [0.29, 0.717) is 17.5 Å². The molecule has 0 spiro atoms. The molecule has 12 rings (SSSR count). The molecule has 0 aliphatic rings. The van der Waals surface area contributed by atoms with Crippen molar-refractivity contribution in [3.63, 3.8) is 0 Å². The van der Waals surface area contributed by atoms with Gasteiger partial charge < -0.3 is 0 Å². The number of imidazole rings is 1. The van der Waals surface area contributed by atoms with Crippen LogP contribution in [0.3, 0.4) is 0 Å². The van der Waals surface area contributed by atoms with Crippen LogP contribution in [0.5, 0.6) is 0 Å². The summed E-state index contributed by atoms with van der Waals surface area (Å²) in [4.78, 5) is 20.6. The molecule has 0 atom stereocenters. The van der Waals surface area contributed by atoms with Crippen LogP contribution in [0.25, 0.3) is 115 Å². The van der Waals surface area contributed by atoms with Gasteiger partial charge in [-0.1, -0.05) is 140 Å². The van der Waals surface area contributed by atoms with Crippen LogP contribution in [-0.2, 0) is 0 Å². The molecule has 0 aliphatic heterocycles. The molecule has 260 valence electrons. The second kappa shape index (κ2) is 12.1. The average Bonchev–Trinajstić information content (AvgIpc) is 3.83. The van der Waals surface area contributed by atoms with E-state index in [0.717, 1.165) is 55.4 Å². The largest absolute Gasteiger partial charge is 0.291 e. The van der Waals surface area contributed by atoms with Gasteiger partial charge in [-0.25, -0.2) is 19.9 Å². The fourth-order valence-corrected chi connectivity index (χ4v) is 9.32. The summed E-state index contributed by atoms with van der Waals surface area (Å²) in [5.74, 6) is 1.91. The number of hydrogen-bond acceptors (Lipinski definition) is 5. The van der Waals surface area contributed by atoms with E-state index in [2.05, 4.69) is 180 Å². The Kier molecular flexibility index (Phi) is 6.73. The Morgan fingerprint density at radius 3 is 1.52 bits per heavy atom. The maximum atomic E-state index is 5.30. The lowest BCUT2D eigenvalue weighted by Crippen LogP contribution is -2.00. The predicted molar refractivity (Wildman–Crippen MR) is 233 cm³/mol. The number of thiophene rings is 1. The van der Waals surface area contributed by atoms with Crippen molar-refractivity contribution in [1.29, 1.82) is 0 Å². The fourth-order valence-electron chi connectivity index (χ4n) is 8.16. The minimum Gasteiger partial charge on any atom is -0.291 e. The van der Waals surface area contributed by atoms with E-state index in [1.165, 1.54) is 41.7 Å². The fraction of sp³-hybridized carbons (Fsp3) is 0. The number of hydrogen-bond donors (Lipinski definition) is 0. The van der Waals surface area contributed by atoms with Gasteiger partial charge >= 0.3 is 0 Å². The Labute approximate surface area is 324 Å². The highest BCUT2D eigenvalue weighted by atomic mass is 32.1. The zero-order chi connectivity index (χ0) is 36.7. The number of fused-ring (bicyclic) bond motifs is 10. The number of nitrogens with zero attached hydrogens (tertiary/aromatic N) is 5. The lowest BCUT2D eigenvalue weighted by atomic mass is 10.0. The van der Waals surface area contributed by atoms with Crippen molar-refractivity contribution < 1.29 is 0 Å². The van der Waals surface area contributed by atoms with Crippen molar-refractivity contribution in [2.75, 3.05) is 0 Å². The average molecular weight is 732 g/mol. The Balaban J connectivity index is 1.05. The van der Waals surface area contributed by atoms with Gasteiger partial charge in [0.25, 0.3) is 0 Å². The van der Waals surface area contributed by atoms with Crippen LogP contribution in [0, 0.1) is 0 Å². The van der Waals surface area contributed by atoms with Gasteiger partial charge in [-0.05, 0) is 74.3 Å². The third-order valence-electron chi connectivity index (χ3n) is 11.0. The van der Waals surface area contributed by atoms with Crippen LogP contribution < -0.4 is 0 Å². The summed E-state index contributed by atoms with van der Waals surface area (Å²) in [5.41, 5.74) is 8.04. The van der Waals surface area contributed by atoms with Crippen molar-refractivity contribution >= 4 is 80.5 Å². The Bertz CT molecular complexity index is 3440. The number of benzene rings is 8. The maximum Gasteiger partial charge on any atom is 0.164 e. The second-order valence-corrected chi connectivity index (χ2v) is 15.4. The van der Waals surface area contributed by atoms with E-state index >= 15 is 0 Å². The molecule has 0 fully saturated rings. The maximum absolute atomic E-state index is 5.30. The number of rotatable bonds is 4. The summed E-state index contributed by atoms with van der Waals surface area (Å²) in [7, 11) is 0. The van der Waals surface area contributed by atoms with Crippen LogP contribution >= 0.6 is 11.3 Å². The molecule has 5 nitrogen and oxygen atoms in total. The molecule has 0 amide bonds. The Morgan fingerprint density at radius 2 is 0.875 bits per heavy atom. The summed E-state index contributed by atoms with van der Waals surface area (Å²) in [6, 6.07) is 62.2. The van der Waals surface area contributed by atoms with Crippen LogP contribution in [0.4, 0.5) is 0 Å². The highest BCUT2D eigenvalue weighted by molar-refractivity contribution is 7.26. The zero-order valence-corrected chi connectivity index (χ0v) is 30.7. The van der Waals surface area contributed by atoms with E-state index in [-0.39, 0.29) is 0 Å². The summed E-state index contributed by atoms with van der Waals surface area (Å²) in [6.07, 6.45) is 0. The first-order valence-corrected chi connectivity index (χ1v) is 19.5. The highest BCUT2D eigenvalue weighted by Gasteiger charge is 2.19. The normalized spacial score (nSPS) is 11.9. The number of pyridine rings is 1. The van der Waals surface area contributed by atoms with Gasteiger partial charge in [-0.15, -0.1) is 11.3 Å². The standard InChI is InChI=1S/C50H29N5S/c1-3-11-34-25-38(23-17-30(34)9-1)48-52-47(53-49(54-48)39-24-18-31-10-2-4-12-35(31)26-39)33-21-19-32(20-22-33)43-29-41-40-15-7-8-16-45(40)56-46(41)50-51-42-27-36-13-5-6-14-37(36)28-44(42)55(43)50/h1-29H. The van der Waals surface area contributed by atoms with Crippen molar-refractivity contribution in [2.45, 2.75) is 0 Å². The summed E-state index contributed by atoms with van der Waals surface area (Å²) >= 11 is 1.81. The first-order chi connectivity index (χ1) is 27.7. The Morgan fingerprint density at radius 1 is 0.375 bits per heavy atom.